The fourth-order valence-corrected chi connectivity index (χ4v) is 3.24. The third kappa shape index (κ3) is 2.69. The Kier molecular flexibility index (Phi) is 3.97. The van der Waals surface area contributed by atoms with Gasteiger partial charge in [-0.15, -0.1) is 0 Å². The Balaban J connectivity index is 1.78. The van der Waals surface area contributed by atoms with E-state index >= 15 is 0 Å². The van der Waals surface area contributed by atoms with E-state index in [-0.39, 0.29) is 17.7 Å². The van der Waals surface area contributed by atoms with E-state index in [1.807, 2.05) is 22.7 Å². The lowest BCUT2D eigenvalue weighted by atomic mass is 9.81. The highest BCUT2D eigenvalue weighted by atomic mass is 19.1. The molecule has 0 aromatic carbocycles. The molecule has 21 heavy (non-hydrogen) atoms. The number of alkyl halides is 1. The van der Waals surface area contributed by atoms with Gasteiger partial charge in [-0.1, -0.05) is 0 Å². The van der Waals surface area contributed by atoms with Gasteiger partial charge in [0.15, 0.2) is 0 Å². The van der Waals surface area contributed by atoms with Crippen molar-refractivity contribution in [2.75, 3.05) is 20.3 Å². The van der Waals surface area contributed by atoms with Crippen LogP contribution in [0.15, 0.2) is 6.20 Å². The molecular weight excluding hydrogens is 273 g/mol. The standard InChI is InChI=1S/C15H22FN3O2/c1-3-19-8-11-6-18(15(20)10-4-13(16)5-10)7-12(9-21-2)14(11)17-19/h8,10,12-13H,3-7,9H2,1-2H3. The van der Waals surface area contributed by atoms with Crippen LogP contribution in [-0.2, 0) is 22.6 Å². The number of amides is 1. The first kappa shape index (κ1) is 14.5. The number of hydrogen-bond donors (Lipinski definition) is 0. The van der Waals surface area contributed by atoms with Crippen LogP contribution in [-0.4, -0.2) is 47.0 Å². The van der Waals surface area contributed by atoms with Crippen LogP contribution in [0.3, 0.4) is 0 Å². The Bertz CT molecular complexity index is 525. The molecule has 1 atom stereocenters. The van der Waals surface area contributed by atoms with E-state index < -0.39 is 6.17 Å². The molecule has 1 aliphatic heterocycles. The van der Waals surface area contributed by atoms with Gasteiger partial charge in [0.2, 0.25) is 5.91 Å². The number of fused-ring (bicyclic) bond motifs is 1. The van der Waals surface area contributed by atoms with Gasteiger partial charge >= 0.3 is 0 Å². The van der Waals surface area contributed by atoms with Gasteiger partial charge in [0.1, 0.15) is 6.17 Å². The number of aryl methyl sites for hydroxylation is 1. The van der Waals surface area contributed by atoms with E-state index in [1.165, 1.54) is 0 Å². The third-order valence-electron chi connectivity index (χ3n) is 4.49. The van der Waals surface area contributed by atoms with Crippen molar-refractivity contribution in [3.63, 3.8) is 0 Å². The molecular formula is C15H22FN3O2. The number of methoxy groups -OCH3 is 1. The second-order valence-corrected chi connectivity index (χ2v) is 6.03. The summed E-state index contributed by atoms with van der Waals surface area (Å²) in [5, 5.41) is 4.59. The van der Waals surface area contributed by atoms with E-state index in [9.17, 15) is 9.18 Å². The Morgan fingerprint density at radius 2 is 2.29 bits per heavy atom. The summed E-state index contributed by atoms with van der Waals surface area (Å²) in [5.74, 6) is 0.0580. The molecule has 5 nitrogen and oxygen atoms in total. The Labute approximate surface area is 124 Å². The van der Waals surface area contributed by atoms with Crippen molar-refractivity contribution < 1.29 is 13.9 Å². The van der Waals surface area contributed by atoms with Crippen molar-refractivity contribution in [3.8, 4) is 0 Å². The summed E-state index contributed by atoms with van der Waals surface area (Å²) in [5.41, 5.74) is 2.13. The normalized spacial score (nSPS) is 28.1. The Morgan fingerprint density at radius 3 is 2.90 bits per heavy atom. The van der Waals surface area contributed by atoms with Crippen molar-refractivity contribution in [1.29, 1.82) is 0 Å². The van der Waals surface area contributed by atoms with Gasteiger partial charge in [-0.2, -0.15) is 5.10 Å². The third-order valence-corrected chi connectivity index (χ3v) is 4.49. The van der Waals surface area contributed by atoms with Gasteiger partial charge in [0.25, 0.3) is 0 Å². The van der Waals surface area contributed by atoms with E-state index in [0.717, 1.165) is 17.8 Å². The number of hydrogen-bond acceptors (Lipinski definition) is 3. The molecule has 1 aromatic heterocycles. The van der Waals surface area contributed by atoms with Crippen LogP contribution in [0.4, 0.5) is 4.39 Å². The van der Waals surface area contributed by atoms with E-state index in [4.69, 9.17) is 4.74 Å². The zero-order chi connectivity index (χ0) is 15.0. The molecule has 0 radical (unpaired) electrons. The summed E-state index contributed by atoms with van der Waals surface area (Å²) in [6.07, 6.45) is 1.98. The van der Waals surface area contributed by atoms with Gasteiger partial charge in [-0.25, -0.2) is 4.39 Å². The maximum atomic E-state index is 13.0. The molecule has 0 saturated heterocycles. The minimum atomic E-state index is -0.795. The number of halogens is 1. The zero-order valence-corrected chi connectivity index (χ0v) is 12.6. The van der Waals surface area contributed by atoms with Gasteiger partial charge in [-0.05, 0) is 19.8 Å². The quantitative estimate of drug-likeness (QED) is 0.850. The number of nitrogens with zero attached hydrogens (tertiary/aromatic N) is 3. The number of carbonyl (C=O) groups is 1. The van der Waals surface area contributed by atoms with E-state index in [0.29, 0.717) is 32.5 Å². The SMILES string of the molecule is CCn1cc2c(n1)C(COC)CN(C(=O)C1CC(F)C1)C2. The summed E-state index contributed by atoms with van der Waals surface area (Å²) in [6, 6.07) is 0. The molecule has 2 heterocycles. The molecule has 0 bridgehead atoms. The van der Waals surface area contributed by atoms with Crippen LogP contribution in [0.2, 0.25) is 0 Å². The van der Waals surface area contributed by atoms with Gasteiger partial charge < -0.3 is 9.64 Å². The molecule has 116 valence electrons. The largest absolute Gasteiger partial charge is 0.384 e. The molecule has 6 heteroatoms. The van der Waals surface area contributed by atoms with Gasteiger partial charge in [0, 0.05) is 50.3 Å². The Hall–Kier alpha value is -1.43. The number of ether oxygens (including phenoxy) is 1. The van der Waals surface area contributed by atoms with Crippen molar-refractivity contribution in [2.24, 2.45) is 5.92 Å². The minimum Gasteiger partial charge on any atom is -0.384 e. The van der Waals surface area contributed by atoms with Crippen molar-refractivity contribution >= 4 is 5.91 Å². The monoisotopic (exact) mass is 295 g/mol. The molecule has 1 aliphatic carbocycles. The Morgan fingerprint density at radius 1 is 1.52 bits per heavy atom. The molecule has 1 saturated carbocycles. The first-order valence-electron chi connectivity index (χ1n) is 7.60. The molecule has 1 amide bonds. The molecule has 2 aliphatic rings. The van der Waals surface area contributed by atoms with E-state index in [2.05, 4.69) is 5.10 Å². The lowest BCUT2D eigenvalue weighted by Crippen LogP contribution is -2.46. The molecule has 0 spiro atoms. The first-order chi connectivity index (χ1) is 10.1. The summed E-state index contributed by atoms with van der Waals surface area (Å²) in [6.45, 7) is 4.61. The predicted octanol–water partition coefficient (Wildman–Crippen LogP) is 1.72. The lowest BCUT2D eigenvalue weighted by Gasteiger charge is -2.37. The fraction of sp³-hybridized carbons (Fsp3) is 0.733. The number of carbonyl (C=O) groups excluding carboxylic acids is 1. The second-order valence-electron chi connectivity index (χ2n) is 6.03. The molecule has 0 N–H and O–H groups in total. The van der Waals surface area contributed by atoms with Crippen molar-refractivity contribution in [1.82, 2.24) is 14.7 Å². The summed E-state index contributed by atoms with van der Waals surface area (Å²) < 4.78 is 20.2. The van der Waals surface area contributed by atoms with Gasteiger partial charge in [-0.3, -0.25) is 9.48 Å². The topological polar surface area (TPSA) is 47.4 Å². The summed E-state index contributed by atoms with van der Waals surface area (Å²) in [4.78, 5) is 14.3. The molecule has 1 unspecified atom stereocenters. The minimum absolute atomic E-state index is 0.0832. The van der Waals surface area contributed by atoms with Crippen LogP contribution in [0, 0.1) is 5.92 Å². The van der Waals surface area contributed by atoms with Crippen LogP contribution in [0.1, 0.15) is 36.9 Å². The van der Waals surface area contributed by atoms with E-state index in [1.54, 1.807) is 7.11 Å². The zero-order valence-electron chi connectivity index (χ0n) is 12.6. The highest BCUT2D eigenvalue weighted by molar-refractivity contribution is 5.80. The molecule has 3 rings (SSSR count). The average molecular weight is 295 g/mol. The predicted molar refractivity (Wildman–Crippen MR) is 75.6 cm³/mol. The maximum absolute atomic E-state index is 13.0. The first-order valence-corrected chi connectivity index (χ1v) is 7.60. The highest BCUT2D eigenvalue weighted by Gasteiger charge is 2.39. The van der Waals surface area contributed by atoms with Crippen LogP contribution in [0.25, 0.3) is 0 Å². The summed E-state index contributed by atoms with van der Waals surface area (Å²) >= 11 is 0. The highest BCUT2D eigenvalue weighted by Crippen LogP contribution is 2.35. The molecule has 1 fully saturated rings. The van der Waals surface area contributed by atoms with Crippen molar-refractivity contribution in [3.05, 3.63) is 17.5 Å². The van der Waals surface area contributed by atoms with Gasteiger partial charge in [0.05, 0.1) is 12.3 Å². The number of rotatable bonds is 4. The second kappa shape index (κ2) is 5.75. The lowest BCUT2D eigenvalue weighted by molar-refractivity contribution is -0.142. The number of aromatic nitrogens is 2. The van der Waals surface area contributed by atoms with Crippen molar-refractivity contribution in [2.45, 2.75) is 44.9 Å². The van der Waals surface area contributed by atoms with Crippen LogP contribution in [0.5, 0.6) is 0 Å². The molecule has 1 aromatic rings. The summed E-state index contributed by atoms with van der Waals surface area (Å²) in [7, 11) is 1.66. The smallest absolute Gasteiger partial charge is 0.226 e. The maximum Gasteiger partial charge on any atom is 0.226 e. The van der Waals surface area contributed by atoms with Crippen LogP contribution >= 0.6 is 0 Å². The van der Waals surface area contributed by atoms with Crippen LogP contribution < -0.4 is 0 Å². The fourth-order valence-electron chi connectivity index (χ4n) is 3.24. The average Bonchev–Trinajstić information content (AvgIpc) is 2.87.